The molecule has 0 aromatic carbocycles. The molecule has 1 aliphatic rings. The van der Waals surface area contributed by atoms with Crippen LogP contribution in [0.4, 0.5) is 0 Å². The highest BCUT2D eigenvalue weighted by Crippen LogP contribution is 2.27. The zero-order valence-corrected chi connectivity index (χ0v) is 10.6. The highest BCUT2D eigenvalue weighted by atomic mass is 16.5. The van der Waals surface area contributed by atoms with Crippen molar-refractivity contribution < 1.29 is 4.74 Å². The number of allylic oxidation sites excluding steroid dienone is 1. The summed E-state index contributed by atoms with van der Waals surface area (Å²) in [7, 11) is 0. The first kappa shape index (κ1) is 12.7. The van der Waals surface area contributed by atoms with Crippen LogP contribution < -0.4 is 5.32 Å². The topological polar surface area (TPSA) is 21.3 Å². The van der Waals surface area contributed by atoms with Crippen molar-refractivity contribution in [3.05, 3.63) is 11.6 Å². The maximum atomic E-state index is 5.82. The Bertz CT molecular complexity index is 221. The highest BCUT2D eigenvalue weighted by Gasteiger charge is 2.30. The quantitative estimate of drug-likeness (QED) is 0.722. The van der Waals surface area contributed by atoms with Crippen molar-refractivity contribution in [2.75, 3.05) is 13.2 Å². The van der Waals surface area contributed by atoms with E-state index >= 15 is 0 Å². The minimum Gasteiger partial charge on any atom is -0.375 e. The van der Waals surface area contributed by atoms with Crippen LogP contribution in [0.5, 0.6) is 0 Å². The Labute approximate surface area is 94.1 Å². The Morgan fingerprint density at radius 2 is 2.27 bits per heavy atom. The molecule has 0 saturated carbocycles. The molecule has 0 bridgehead atoms. The molecular formula is C13H25NO. The molecule has 0 aromatic rings. The Hall–Kier alpha value is -0.340. The molecule has 1 rings (SSSR count). The predicted molar refractivity (Wildman–Crippen MR) is 65.1 cm³/mol. The molecule has 1 heterocycles. The minimum absolute atomic E-state index is 0.0981. The van der Waals surface area contributed by atoms with Crippen molar-refractivity contribution in [1.82, 2.24) is 5.32 Å². The summed E-state index contributed by atoms with van der Waals surface area (Å²) in [5.41, 5.74) is 1.48. The summed E-state index contributed by atoms with van der Waals surface area (Å²) in [6.07, 6.45) is 5.64. The maximum absolute atomic E-state index is 5.82. The van der Waals surface area contributed by atoms with Gasteiger partial charge >= 0.3 is 0 Å². The van der Waals surface area contributed by atoms with E-state index in [0.29, 0.717) is 6.04 Å². The second-order valence-corrected chi connectivity index (χ2v) is 5.03. The SMILES string of the molecule is CCC1(C)CC(NCC=C(C)C)CCO1. The molecule has 2 atom stereocenters. The predicted octanol–water partition coefficient (Wildman–Crippen LogP) is 2.89. The van der Waals surface area contributed by atoms with E-state index in [2.05, 4.69) is 39.1 Å². The fraction of sp³-hybridized carbons (Fsp3) is 0.846. The van der Waals surface area contributed by atoms with Crippen LogP contribution in [0.1, 0.15) is 47.0 Å². The number of nitrogens with one attached hydrogen (secondary N) is 1. The monoisotopic (exact) mass is 211 g/mol. The average molecular weight is 211 g/mol. The molecule has 1 fully saturated rings. The maximum Gasteiger partial charge on any atom is 0.0666 e. The fourth-order valence-electron chi connectivity index (χ4n) is 1.98. The van der Waals surface area contributed by atoms with Crippen molar-refractivity contribution >= 4 is 0 Å². The molecule has 2 unspecified atom stereocenters. The summed E-state index contributed by atoms with van der Waals surface area (Å²) in [5.74, 6) is 0. The summed E-state index contributed by atoms with van der Waals surface area (Å²) in [4.78, 5) is 0. The van der Waals surface area contributed by atoms with Crippen LogP contribution in [0.25, 0.3) is 0 Å². The summed E-state index contributed by atoms with van der Waals surface area (Å²) >= 11 is 0. The molecule has 2 nitrogen and oxygen atoms in total. The second-order valence-electron chi connectivity index (χ2n) is 5.03. The molecule has 2 heteroatoms. The summed E-state index contributed by atoms with van der Waals surface area (Å²) in [5, 5.41) is 3.59. The first-order chi connectivity index (χ1) is 7.06. The van der Waals surface area contributed by atoms with E-state index in [-0.39, 0.29) is 5.60 Å². The lowest BCUT2D eigenvalue weighted by molar-refractivity contribution is -0.0775. The normalized spacial score (nSPS) is 31.3. The van der Waals surface area contributed by atoms with Gasteiger partial charge in [-0.05, 0) is 40.0 Å². The number of hydrogen-bond donors (Lipinski definition) is 1. The van der Waals surface area contributed by atoms with E-state index in [0.717, 1.165) is 32.4 Å². The second kappa shape index (κ2) is 5.66. The van der Waals surface area contributed by atoms with Crippen LogP contribution in [-0.2, 0) is 4.74 Å². The van der Waals surface area contributed by atoms with Crippen LogP contribution in [0.2, 0.25) is 0 Å². The van der Waals surface area contributed by atoms with Gasteiger partial charge in [0.1, 0.15) is 0 Å². The average Bonchev–Trinajstić information content (AvgIpc) is 2.17. The summed E-state index contributed by atoms with van der Waals surface area (Å²) in [6, 6.07) is 0.624. The lowest BCUT2D eigenvalue weighted by Crippen LogP contribution is -2.45. The zero-order chi connectivity index (χ0) is 11.3. The smallest absolute Gasteiger partial charge is 0.0666 e. The van der Waals surface area contributed by atoms with Gasteiger partial charge in [0.15, 0.2) is 0 Å². The highest BCUT2D eigenvalue weighted by molar-refractivity contribution is 4.95. The van der Waals surface area contributed by atoms with Crippen LogP contribution in [0.15, 0.2) is 11.6 Å². The molecule has 0 amide bonds. The summed E-state index contributed by atoms with van der Waals surface area (Å²) < 4.78 is 5.82. The van der Waals surface area contributed by atoms with Crippen LogP contribution in [0, 0.1) is 0 Å². The minimum atomic E-state index is 0.0981. The number of hydrogen-bond acceptors (Lipinski definition) is 2. The van der Waals surface area contributed by atoms with Gasteiger partial charge < -0.3 is 10.1 Å². The molecule has 1 aliphatic heterocycles. The Morgan fingerprint density at radius 1 is 1.53 bits per heavy atom. The number of ether oxygens (including phenoxy) is 1. The van der Waals surface area contributed by atoms with Crippen LogP contribution in [-0.4, -0.2) is 24.8 Å². The van der Waals surface area contributed by atoms with Crippen molar-refractivity contribution in [1.29, 1.82) is 0 Å². The van der Waals surface area contributed by atoms with E-state index in [1.807, 2.05) is 0 Å². The largest absolute Gasteiger partial charge is 0.375 e. The van der Waals surface area contributed by atoms with E-state index in [1.165, 1.54) is 5.57 Å². The Kier molecular flexibility index (Phi) is 4.81. The van der Waals surface area contributed by atoms with Gasteiger partial charge in [0.05, 0.1) is 5.60 Å². The molecular weight excluding hydrogens is 186 g/mol. The fourth-order valence-corrected chi connectivity index (χ4v) is 1.98. The van der Waals surface area contributed by atoms with Gasteiger partial charge in [-0.25, -0.2) is 0 Å². The van der Waals surface area contributed by atoms with E-state index in [1.54, 1.807) is 0 Å². The standard InChI is InChI=1S/C13H25NO/c1-5-13(4)10-12(7-9-15-13)14-8-6-11(2)3/h6,12,14H,5,7-10H2,1-4H3. The molecule has 88 valence electrons. The van der Waals surface area contributed by atoms with Gasteiger partial charge in [-0.3, -0.25) is 0 Å². The van der Waals surface area contributed by atoms with Crippen molar-refractivity contribution in [3.63, 3.8) is 0 Å². The van der Waals surface area contributed by atoms with Gasteiger partial charge in [0.2, 0.25) is 0 Å². The van der Waals surface area contributed by atoms with Crippen molar-refractivity contribution in [2.45, 2.75) is 58.6 Å². The molecule has 0 spiro atoms. The molecule has 0 radical (unpaired) electrons. The lowest BCUT2D eigenvalue weighted by Gasteiger charge is -2.38. The Balaban J connectivity index is 2.34. The van der Waals surface area contributed by atoms with Gasteiger partial charge in [-0.1, -0.05) is 18.6 Å². The third-order valence-electron chi connectivity index (χ3n) is 3.26. The van der Waals surface area contributed by atoms with Crippen LogP contribution in [0.3, 0.4) is 0 Å². The van der Waals surface area contributed by atoms with E-state index in [4.69, 9.17) is 4.74 Å². The molecule has 15 heavy (non-hydrogen) atoms. The summed E-state index contributed by atoms with van der Waals surface area (Å²) in [6.45, 7) is 10.6. The first-order valence-electron chi connectivity index (χ1n) is 6.06. The van der Waals surface area contributed by atoms with Gasteiger partial charge in [-0.15, -0.1) is 0 Å². The van der Waals surface area contributed by atoms with E-state index in [9.17, 15) is 0 Å². The first-order valence-corrected chi connectivity index (χ1v) is 6.06. The van der Waals surface area contributed by atoms with Gasteiger partial charge in [-0.2, -0.15) is 0 Å². The van der Waals surface area contributed by atoms with E-state index < -0.39 is 0 Å². The van der Waals surface area contributed by atoms with Crippen molar-refractivity contribution in [2.24, 2.45) is 0 Å². The third kappa shape index (κ3) is 4.35. The van der Waals surface area contributed by atoms with Gasteiger partial charge in [0.25, 0.3) is 0 Å². The lowest BCUT2D eigenvalue weighted by atomic mass is 9.90. The Morgan fingerprint density at radius 3 is 2.87 bits per heavy atom. The molecule has 0 aliphatic carbocycles. The third-order valence-corrected chi connectivity index (χ3v) is 3.26. The van der Waals surface area contributed by atoms with Crippen LogP contribution >= 0.6 is 0 Å². The van der Waals surface area contributed by atoms with Gasteiger partial charge in [0, 0.05) is 19.2 Å². The molecule has 0 aromatic heterocycles. The van der Waals surface area contributed by atoms with Crippen molar-refractivity contribution in [3.8, 4) is 0 Å². The molecule has 1 N–H and O–H groups in total. The molecule has 1 saturated heterocycles. The zero-order valence-electron chi connectivity index (χ0n) is 10.6. The number of rotatable bonds is 4.